The number of aromatic nitrogens is 1. The van der Waals surface area contributed by atoms with Gasteiger partial charge in [0.2, 0.25) is 0 Å². The summed E-state index contributed by atoms with van der Waals surface area (Å²) < 4.78 is 22.6. The lowest BCUT2D eigenvalue weighted by Gasteiger charge is -2.36. The number of hydrogen-bond donors (Lipinski definition) is 0. The fourth-order valence-corrected chi connectivity index (χ4v) is 4.54. The first-order valence-corrected chi connectivity index (χ1v) is 12.1. The number of benzene rings is 1. The van der Waals surface area contributed by atoms with Crippen LogP contribution < -0.4 is 4.74 Å². The zero-order chi connectivity index (χ0) is 22.1. The summed E-state index contributed by atoms with van der Waals surface area (Å²) in [6.45, 7) is 14.7. The van der Waals surface area contributed by atoms with Crippen LogP contribution in [0.4, 0.5) is 0 Å². The van der Waals surface area contributed by atoms with Crippen LogP contribution in [0.15, 0.2) is 34.7 Å². The van der Waals surface area contributed by atoms with Crippen LogP contribution in [0.3, 0.4) is 0 Å². The summed E-state index contributed by atoms with van der Waals surface area (Å²) in [6, 6.07) is 10.1. The Morgan fingerprint density at radius 2 is 1.70 bits per heavy atom. The number of rotatable bonds is 4. The molecule has 1 aromatic heterocycles. The molecule has 5 heteroatoms. The molecule has 0 radical (unpaired) electrons. The molecule has 0 bridgehead atoms. The Morgan fingerprint density at radius 3 is 2.30 bits per heavy atom. The van der Waals surface area contributed by atoms with Crippen molar-refractivity contribution in [2.24, 2.45) is 15.7 Å². The van der Waals surface area contributed by atoms with E-state index in [-0.39, 0.29) is 4.75 Å². The Kier molecular flexibility index (Phi) is 6.71. The number of ether oxygens (including phenoxy) is 1. The van der Waals surface area contributed by atoms with Crippen molar-refractivity contribution < 1.29 is 8.95 Å². The molecule has 1 atom stereocenters. The molecule has 0 spiro atoms. The molecule has 1 fully saturated rings. The molecule has 164 valence electrons. The van der Waals surface area contributed by atoms with Gasteiger partial charge in [0.25, 0.3) is 0 Å². The minimum atomic E-state index is -1.29. The van der Waals surface area contributed by atoms with E-state index in [1.807, 2.05) is 52.0 Å². The van der Waals surface area contributed by atoms with Gasteiger partial charge in [-0.1, -0.05) is 26.8 Å². The Hall–Kier alpha value is -1.75. The molecule has 0 aliphatic heterocycles. The van der Waals surface area contributed by atoms with Gasteiger partial charge in [-0.15, -0.1) is 0 Å². The molecule has 1 saturated carbocycles. The minimum absolute atomic E-state index is 0.301. The molecule has 0 saturated heterocycles. The third-order valence-electron chi connectivity index (χ3n) is 5.98. The predicted molar refractivity (Wildman–Crippen MR) is 128 cm³/mol. The fourth-order valence-electron chi connectivity index (χ4n) is 3.93. The maximum atomic E-state index is 12.3. The van der Waals surface area contributed by atoms with Gasteiger partial charge in [0, 0.05) is 5.39 Å². The van der Waals surface area contributed by atoms with Crippen LogP contribution in [0.1, 0.15) is 79.8 Å². The molecule has 3 rings (SSSR count). The Bertz CT molecular complexity index is 946. The van der Waals surface area contributed by atoms with E-state index in [4.69, 9.17) is 9.72 Å². The van der Waals surface area contributed by atoms with E-state index in [1.54, 1.807) is 0 Å². The monoisotopic (exact) mass is 428 g/mol. The molecule has 30 heavy (non-hydrogen) atoms. The molecule has 1 aliphatic rings. The number of pyridine rings is 1. The van der Waals surface area contributed by atoms with Crippen molar-refractivity contribution >= 4 is 27.6 Å². The summed E-state index contributed by atoms with van der Waals surface area (Å²) >= 11 is 0. The van der Waals surface area contributed by atoms with Crippen molar-refractivity contribution in [2.75, 3.05) is 0 Å². The minimum Gasteiger partial charge on any atom is -0.490 e. The highest BCUT2D eigenvalue weighted by molar-refractivity contribution is 7.85. The van der Waals surface area contributed by atoms with Crippen LogP contribution in [0.2, 0.25) is 0 Å². The zero-order valence-corrected chi connectivity index (χ0v) is 20.3. The van der Waals surface area contributed by atoms with Gasteiger partial charge in [0.05, 0.1) is 27.8 Å². The van der Waals surface area contributed by atoms with Gasteiger partial charge < -0.3 is 4.74 Å². The second kappa shape index (κ2) is 8.78. The molecule has 1 aliphatic carbocycles. The van der Waals surface area contributed by atoms with Crippen LogP contribution in [0, 0.1) is 11.3 Å². The summed E-state index contributed by atoms with van der Waals surface area (Å²) in [5.74, 6) is 1.70. The SMILES string of the molecule is CC(=N[S@@](=O)C(C)(C)C)c1ccc2cc(OC3CCC(C(C)(C)C)CC3)ccc2n1. The van der Waals surface area contributed by atoms with Crippen LogP contribution >= 0.6 is 0 Å². The van der Waals surface area contributed by atoms with E-state index in [0.717, 1.165) is 41.1 Å². The van der Waals surface area contributed by atoms with Gasteiger partial charge in [0.1, 0.15) is 16.7 Å². The van der Waals surface area contributed by atoms with Crippen LogP contribution in [0.5, 0.6) is 5.75 Å². The maximum absolute atomic E-state index is 12.3. The average Bonchev–Trinajstić information content (AvgIpc) is 2.66. The van der Waals surface area contributed by atoms with E-state index in [9.17, 15) is 4.21 Å². The highest BCUT2D eigenvalue weighted by atomic mass is 32.2. The van der Waals surface area contributed by atoms with Gasteiger partial charge in [0.15, 0.2) is 0 Å². The quantitative estimate of drug-likeness (QED) is 0.523. The van der Waals surface area contributed by atoms with E-state index >= 15 is 0 Å². The van der Waals surface area contributed by atoms with E-state index in [1.165, 1.54) is 12.8 Å². The van der Waals surface area contributed by atoms with Gasteiger partial charge in [-0.3, -0.25) is 0 Å². The molecule has 1 aromatic carbocycles. The van der Waals surface area contributed by atoms with Gasteiger partial charge in [-0.2, -0.15) is 4.40 Å². The molecular weight excluding hydrogens is 392 g/mol. The topological polar surface area (TPSA) is 51.5 Å². The summed E-state index contributed by atoms with van der Waals surface area (Å²) in [5.41, 5.74) is 2.74. The first-order valence-electron chi connectivity index (χ1n) is 11.0. The first kappa shape index (κ1) is 22.9. The number of nitrogens with zero attached hydrogens (tertiary/aromatic N) is 2. The third-order valence-corrected chi connectivity index (χ3v) is 7.46. The second-order valence-corrected chi connectivity index (χ2v) is 12.5. The van der Waals surface area contributed by atoms with Crippen molar-refractivity contribution in [2.45, 2.75) is 85.0 Å². The Balaban J connectivity index is 1.70. The number of fused-ring (bicyclic) bond motifs is 1. The summed E-state index contributed by atoms with van der Waals surface area (Å²) in [7, 11) is -1.29. The smallest absolute Gasteiger partial charge is 0.145 e. The van der Waals surface area contributed by atoms with E-state index in [0.29, 0.717) is 17.2 Å². The summed E-state index contributed by atoms with van der Waals surface area (Å²) in [5, 5.41) is 1.05. The normalized spacial score (nSPS) is 22.2. The molecule has 4 nitrogen and oxygen atoms in total. The molecular formula is C25H36N2O2S. The highest BCUT2D eigenvalue weighted by Crippen LogP contribution is 2.38. The zero-order valence-electron chi connectivity index (χ0n) is 19.5. The molecule has 2 aromatic rings. The largest absolute Gasteiger partial charge is 0.490 e. The molecule has 0 amide bonds. The van der Waals surface area contributed by atoms with Crippen LogP contribution in [0.25, 0.3) is 10.9 Å². The van der Waals surface area contributed by atoms with E-state index < -0.39 is 11.0 Å². The molecule has 1 heterocycles. The van der Waals surface area contributed by atoms with Crippen molar-refractivity contribution in [1.29, 1.82) is 0 Å². The van der Waals surface area contributed by atoms with Gasteiger partial charge in [-0.25, -0.2) is 9.19 Å². The number of hydrogen-bond acceptors (Lipinski definition) is 3. The highest BCUT2D eigenvalue weighted by Gasteiger charge is 2.30. The fraction of sp³-hybridized carbons (Fsp3) is 0.600. The predicted octanol–water partition coefficient (Wildman–Crippen LogP) is 6.49. The molecule has 0 N–H and O–H groups in total. The molecule has 0 unspecified atom stereocenters. The summed E-state index contributed by atoms with van der Waals surface area (Å²) in [4.78, 5) is 4.71. The van der Waals surface area contributed by atoms with Crippen molar-refractivity contribution in [3.63, 3.8) is 0 Å². The maximum Gasteiger partial charge on any atom is 0.145 e. The lowest BCUT2D eigenvalue weighted by molar-refractivity contribution is 0.0883. The average molecular weight is 429 g/mol. The van der Waals surface area contributed by atoms with Crippen LogP contribution in [-0.4, -0.2) is 25.8 Å². The van der Waals surface area contributed by atoms with Gasteiger partial charge >= 0.3 is 0 Å². The third kappa shape index (κ3) is 5.69. The van der Waals surface area contributed by atoms with Crippen molar-refractivity contribution in [3.05, 3.63) is 36.0 Å². The van der Waals surface area contributed by atoms with Gasteiger partial charge in [-0.05, 0) is 89.0 Å². The lowest BCUT2D eigenvalue weighted by Crippen LogP contribution is -2.30. The standard InChI is InChI=1S/C25H36N2O2S/c1-17(27-30(28)25(5,6)7)22-14-8-18-16-21(13-15-23(18)26-22)29-20-11-9-19(10-12-20)24(2,3)4/h8,13-16,19-20H,9-12H2,1-7H3/t19?,20?,30-/m0/s1. The van der Waals surface area contributed by atoms with Crippen molar-refractivity contribution in [1.82, 2.24) is 4.98 Å². The summed E-state index contributed by atoms with van der Waals surface area (Å²) in [6.07, 6.45) is 5.02. The van der Waals surface area contributed by atoms with Crippen LogP contribution in [-0.2, 0) is 11.0 Å². The van der Waals surface area contributed by atoms with Crippen molar-refractivity contribution in [3.8, 4) is 5.75 Å². The van der Waals surface area contributed by atoms with E-state index in [2.05, 4.69) is 31.2 Å². The first-order chi connectivity index (χ1) is 13.9. The second-order valence-electron chi connectivity index (χ2n) is 10.5. The lowest BCUT2D eigenvalue weighted by atomic mass is 9.72. The Labute approximate surface area is 184 Å². The Morgan fingerprint density at radius 1 is 1.03 bits per heavy atom.